The van der Waals surface area contributed by atoms with Gasteiger partial charge in [0.2, 0.25) is 0 Å². The van der Waals surface area contributed by atoms with Crippen LogP contribution < -0.4 is 4.57 Å². The standard InChI is InChI=1S/C38H42N3O/c1-23(2)20-34-39-31-19-18-26(7)35(37(31)42-34)38-40(8)32-16-12-13-17-33(32)41(38)36-29(24(3)4)21-28(22-30(36)25(5)6)27-14-10-9-11-15-27/h9-19,21-25H,20H2,1-8H3/q+1. The summed E-state index contributed by atoms with van der Waals surface area (Å²) in [6.45, 7) is 15.8. The van der Waals surface area contributed by atoms with Crippen molar-refractivity contribution in [2.24, 2.45) is 13.0 Å². The van der Waals surface area contributed by atoms with E-state index >= 15 is 0 Å². The van der Waals surface area contributed by atoms with E-state index in [0.29, 0.717) is 17.8 Å². The summed E-state index contributed by atoms with van der Waals surface area (Å²) in [4.78, 5) is 4.92. The Bertz CT molecular complexity index is 1880. The fraction of sp³-hybridized carbons (Fsp3) is 0.316. The zero-order valence-corrected chi connectivity index (χ0v) is 26.2. The van der Waals surface area contributed by atoms with Gasteiger partial charge in [-0.3, -0.25) is 0 Å². The summed E-state index contributed by atoms with van der Waals surface area (Å²) in [5.41, 5.74) is 12.9. The maximum atomic E-state index is 6.58. The van der Waals surface area contributed by atoms with Crippen molar-refractivity contribution in [3.05, 3.63) is 101 Å². The Morgan fingerprint density at radius 1 is 0.786 bits per heavy atom. The molecule has 0 atom stereocenters. The molecule has 0 radical (unpaired) electrons. The van der Waals surface area contributed by atoms with E-state index in [1.54, 1.807) is 0 Å². The summed E-state index contributed by atoms with van der Waals surface area (Å²) in [6, 6.07) is 28.6. The minimum Gasteiger partial charge on any atom is -0.440 e. The summed E-state index contributed by atoms with van der Waals surface area (Å²) in [5.74, 6) is 3.02. The van der Waals surface area contributed by atoms with E-state index in [2.05, 4.69) is 144 Å². The highest BCUT2D eigenvalue weighted by molar-refractivity contribution is 5.92. The second-order valence-electron chi connectivity index (χ2n) is 12.7. The number of benzene rings is 4. The van der Waals surface area contributed by atoms with Crippen LogP contribution in [0, 0.1) is 12.8 Å². The normalized spacial score (nSPS) is 12.1. The lowest BCUT2D eigenvalue weighted by molar-refractivity contribution is -0.633. The molecule has 0 saturated carbocycles. The van der Waals surface area contributed by atoms with E-state index in [1.165, 1.54) is 44.5 Å². The van der Waals surface area contributed by atoms with Gasteiger partial charge in [-0.15, -0.1) is 0 Å². The molecule has 0 bridgehead atoms. The Morgan fingerprint density at radius 2 is 1.43 bits per heavy atom. The average molecular weight is 557 g/mol. The van der Waals surface area contributed by atoms with Crippen molar-refractivity contribution in [1.29, 1.82) is 0 Å². The molecule has 4 nitrogen and oxygen atoms in total. The molecule has 4 aromatic carbocycles. The first-order chi connectivity index (χ1) is 20.2. The highest BCUT2D eigenvalue weighted by Gasteiger charge is 2.34. The molecule has 0 unspecified atom stereocenters. The van der Waals surface area contributed by atoms with Crippen LogP contribution in [0.4, 0.5) is 0 Å². The lowest BCUT2D eigenvalue weighted by Gasteiger charge is -2.21. The highest BCUT2D eigenvalue weighted by atomic mass is 16.3. The third kappa shape index (κ3) is 4.73. The Hall–Kier alpha value is -4.18. The van der Waals surface area contributed by atoms with Gasteiger partial charge in [0.15, 0.2) is 22.5 Å². The van der Waals surface area contributed by atoms with Crippen molar-refractivity contribution in [2.45, 2.75) is 66.7 Å². The van der Waals surface area contributed by atoms with E-state index in [1.807, 2.05) is 0 Å². The highest BCUT2D eigenvalue weighted by Crippen LogP contribution is 2.41. The van der Waals surface area contributed by atoms with Crippen LogP contribution in [-0.2, 0) is 13.5 Å². The number of fused-ring (bicyclic) bond motifs is 2. The van der Waals surface area contributed by atoms with Gasteiger partial charge in [0.05, 0.1) is 7.05 Å². The Labute approximate surface area is 249 Å². The van der Waals surface area contributed by atoms with E-state index in [0.717, 1.165) is 34.8 Å². The summed E-state index contributed by atoms with van der Waals surface area (Å²) < 4.78 is 11.4. The van der Waals surface area contributed by atoms with Crippen LogP contribution in [0.15, 0.2) is 83.3 Å². The molecule has 0 amide bonds. The lowest BCUT2D eigenvalue weighted by atomic mass is 9.88. The molecular formula is C38H42N3O+. The van der Waals surface area contributed by atoms with Crippen LogP contribution >= 0.6 is 0 Å². The van der Waals surface area contributed by atoms with Gasteiger partial charge in [0.25, 0.3) is 5.82 Å². The number of para-hydroxylation sites is 2. The molecule has 2 aromatic heterocycles. The molecular weight excluding hydrogens is 514 g/mol. The summed E-state index contributed by atoms with van der Waals surface area (Å²) in [5, 5.41) is 0. The lowest BCUT2D eigenvalue weighted by Crippen LogP contribution is -2.30. The number of aromatic nitrogens is 3. The van der Waals surface area contributed by atoms with Gasteiger partial charge in [-0.1, -0.05) is 90.1 Å². The zero-order chi connectivity index (χ0) is 29.7. The van der Waals surface area contributed by atoms with Crippen molar-refractivity contribution in [1.82, 2.24) is 9.55 Å². The Morgan fingerprint density at radius 3 is 2.07 bits per heavy atom. The molecule has 42 heavy (non-hydrogen) atoms. The quantitative estimate of drug-likeness (QED) is 0.183. The predicted octanol–water partition coefficient (Wildman–Crippen LogP) is 9.68. The van der Waals surface area contributed by atoms with Gasteiger partial charge in [0.1, 0.15) is 16.8 Å². The van der Waals surface area contributed by atoms with Crippen LogP contribution in [0.3, 0.4) is 0 Å². The fourth-order valence-electron chi connectivity index (χ4n) is 6.29. The topological polar surface area (TPSA) is 34.8 Å². The van der Waals surface area contributed by atoms with Gasteiger partial charge in [-0.2, -0.15) is 4.57 Å². The summed E-state index contributed by atoms with van der Waals surface area (Å²) in [6.07, 6.45) is 0.818. The van der Waals surface area contributed by atoms with Crippen molar-refractivity contribution < 1.29 is 8.98 Å². The zero-order valence-electron chi connectivity index (χ0n) is 26.2. The number of imidazole rings is 1. The third-order valence-electron chi connectivity index (χ3n) is 8.37. The monoisotopic (exact) mass is 556 g/mol. The number of hydrogen-bond donors (Lipinski definition) is 0. The molecule has 6 aromatic rings. The van der Waals surface area contributed by atoms with Crippen LogP contribution in [-0.4, -0.2) is 9.55 Å². The average Bonchev–Trinajstić information content (AvgIpc) is 3.50. The van der Waals surface area contributed by atoms with Crippen molar-refractivity contribution >= 4 is 22.1 Å². The molecule has 0 saturated heterocycles. The molecule has 214 valence electrons. The van der Waals surface area contributed by atoms with Gasteiger partial charge in [0, 0.05) is 17.5 Å². The molecule has 0 fully saturated rings. The first-order valence-corrected chi connectivity index (χ1v) is 15.3. The smallest absolute Gasteiger partial charge is 0.299 e. The molecule has 0 aliphatic carbocycles. The number of rotatable bonds is 7. The van der Waals surface area contributed by atoms with Gasteiger partial charge >= 0.3 is 0 Å². The first-order valence-electron chi connectivity index (χ1n) is 15.3. The molecule has 0 aliphatic rings. The number of nitrogens with zero attached hydrogens (tertiary/aromatic N) is 3. The number of aryl methyl sites for hydroxylation is 2. The van der Waals surface area contributed by atoms with E-state index < -0.39 is 0 Å². The van der Waals surface area contributed by atoms with Gasteiger partial charge in [-0.05, 0) is 71.7 Å². The molecule has 6 rings (SSSR count). The maximum absolute atomic E-state index is 6.58. The predicted molar refractivity (Wildman–Crippen MR) is 174 cm³/mol. The van der Waals surface area contributed by atoms with Gasteiger partial charge < -0.3 is 4.42 Å². The summed E-state index contributed by atoms with van der Waals surface area (Å²) >= 11 is 0. The molecule has 0 spiro atoms. The van der Waals surface area contributed by atoms with Crippen LogP contribution in [0.1, 0.15) is 76.0 Å². The number of oxazole rings is 1. The second-order valence-corrected chi connectivity index (χ2v) is 12.7. The molecule has 4 heteroatoms. The number of hydrogen-bond acceptors (Lipinski definition) is 2. The minimum absolute atomic E-state index is 0.320. The van der Waals surface area contributed by atoms with Gasteiger partial charge in [-0.25, -0.2) is 9.55 Å². The van der Waals surface area contributed by atoms with Crippen LogP contribution in [0.2, 0.25) is 0 Å². The first kappa shape index (κ1) is 28.0. The SMILES string of the molecule is Cc1ccc2nc(CC(C)C)oc2c1-c1n(-c2c(C(C)C)cc(-c3ccccc3)cc2C(C)C)c2ccccc2[n+]1C. The second kappa shape index (κ2) is 10.9. The fourth-order valence-corrected chi connectivity index (χ4v) is 6.29. The maximum Gasteiger partial charge on any atom is 0.299 e. The van der Waals surface area contributed by atoms with Crippen molar-refractivity contribution in [3.63, 3.8) is 0 Å². The van der Waals surface area contributed by atoms with Crippen LogP contribution in [0.25, 0.3) is 50.3 Å². The largest absolute Gasteiger partial charge is 0.440 e. The summed E-state index contributed by atoms with van der Waals surface area (Å²) in [7, 11) is 2.18. The Kier molecular flexibility index (Phi) is 7.26. The van der Waals surface area contributed by atoms with Crippen LogP contribution in [0.5, 0.6) is 0 Å². The minimum atomic E-state index is 0.320. The molecule has 0 aliphatic heterocycles. The third-order valence-corrected chi connectivity index (χ3v) is 8.37. The van der Waals surface area contributed by atoms with Crippen molar-refractivity contribution in [2.75, 3.05) is 0 Å². The molecule has 2 heterocycles. The van der Waals surface area contributed by atoms with E-state index in [-0.39, 0.29) is 0 Å². The van der Waals surface area contributed by atoms with E-state index in [9.17, 15) is 0 Å². The molecule has 0 N–H and O–H groups in total. The Balaban J connectivity index is 1.75. The van der Waals surface area contributed by atoms with E-state index in [4.69, 9.17) is 9.40 Å². The van der Waals surface area contributed by atoms with Crippen molar-refractivity contribution in [3.8, 4) is 28.2 Å².